The number of nitrogens with one attached hydrogen (secondary N) is 1. The molecule has 1 unspecified atom stereocenters. The fourth-order valence-electron chi connectivity index (χ4n) is 3.28. The van der Waals surface area contributed by atoms with Crippen molar-refractivity contribution in [3.05, 3.63) is 59.2 Å². The Kier molecular flexibility index (Phi) is 11.5. The number of amides is 1. The highest BCUT2D eigenvalue weighted by Crippen LogP contribution is 2.32. The Labute approximate surface area is 211 Å². The second-order valence-corrected chi connectivity index (χ2v) is 8.73. The Hall–Kier alpha value is -3.00. The molecule has 0 fully saturated rings. The number of halogens is 1. The molecule has 1 heterocycles. The quantitative estimate of drug-likeness (QED) is 0.297. The maximum absolute atomic E-state index is 11.9. The van der Waals surface area contributed by atoms with Gasteiger partial charge in [-0.05, 0) is 53.9 Å². The predicted molar refractivity (Wildman–Crippen MR) is 143 cm³/mol. The number of benzene rings is 1. The van der Waals surface area contributed by atoms with Gasteiger partial charge in [-0.2, -0.15) is 0 Å². The molecule has 2 aromatic rings. The first-order valence-electron chi connectivity index (χ1n) is 11.5. The van der Waals surface area contributed by atoms with Gasteiger partial charge in [-0.3, -0.25) is 9.79 Å². The number of aliphatic imine (C=N–C) groups is 2. The molecule has 2 rings (SSSR count). The molecule has 0 saturated heterocycles. The molecular formula is C26H34BrN5O2. The first-order valence-corrected chi connectivity index (χ1v) is 12.3. The summed E-state index contributed by atoms with van der Waals surface area (Å²) in [5.41, 5.74) is 0. The average Bonchev–Trinajstić information content (AvgIpc) is 2.82. The molecule has 0 spiro atoms. The summed E-state index contributed by atoms with van der Waals surface area (Å²) in [5.74, 6) is 3.27. The predicted octanol–water partition coefficient (Wildman–Crippen LogP) is 6.15. The number of amidine groups is 2. The van der Waals surface area contributed by atoms with Crippen molar-refractivity contribution in [1.82, 2.24) is 15.2 Å². The SMILES string of the molecule is C/C=C/C(=N\c1ncc(Br)cc1Oc1ccccc1)NC(=NC)C(C)CCN(CCC)C(C)=O. The third-order valence-corrected chi connectivity index (χ3v) is 5.49. The second kappa shape index (κ2) is 14.3. The van der Waals surface area contributed by atoms with Gasteiger partial charge in [0.25, 0.3) is 0 Å². The third-order valence-electron chi connectivity index (χ3n) is 5.06. The van der Waals surface area contributed by atoms with Crippen molar-refractivity contribution in [2.24, 2.45) is 15.9 Å². The van der Waals surface area contributed by atoms with Crippen LogP contribution in [0.15, 0.2) is 69.2 Å². The number of allylic oxidation sites excluding steroid dienone is 1. The lowest BCUT2D eigenvalue weighted by atomic mass is 10.1. The van der Waals surface area contributed by atoms with Crippen LogP contribution >= 0.6 is 15.9 Å². The van der Waals surface area contributed by atoms with E-state index in [4.69, 9.17) is 9.73 Å². The van der Waals surface area contributed by atoms with Crippen LogP contribution in [0.1, 0.15) is 40.5 Å². The smallest absolute Gasteiger partial charge is 0.219 e. The summed E-state index contributed by atoms with van der Waals surface area (Å²) in [5, 5.41) is 3.35. The number of para-hydroxylation sites is 1. The van der Waals surface area contributed by atoms with Gasteiger partial charge in [0.1, 0.15) is 17.4 Å². The van der Waals surface area contributed by atoms with Crippen LogP contribution in [0.3, 0.4) is 0 Å². The Morgan fingerprint density at radius 3 is 2.65 bits per heavy atom. The number of ether oxygens (including phenoxy) is 1. The Bertz CT molecular complexity index is 1020. The lowest BCUT2D eigenvalue weighted by molar-refractivity contribution is -0.129. The average molecular weight is 528 g/mol. The maximum Gasteiger partial charge on any atom is 0.219 e. The third kappa shape index (κ3) is 8.74. The molecule has 1 N–H and O–H groups in total. The van der Waals surface area contributed by atoms with Gasteiger partial charge in [0.2, 0.25) is 5.91 Å². The van der Waals surface area contributed by atoms with Crippen molar-refractivity contribution in [1.29, 1.82) is 0 Å². The summed E-state index contributed by atoms with van der Waals surface area (Å²) in [7, 11) is 1.75. The largest absolute Gasteiger partial charge is 0.453 e. The van der Waals surface area contributed by atoms with Gasteiger partial charge in [0, 0.05) is 49.7 Å². The van der Waals surface area contributed by atoms with Crippen molar-refractivity contribution in [3.63, 3.8) is 0 Å². The van der Waals surface area contributed by atoms with Gasteiger partial charge in [-0.15, -0.1) is 0 Å². The summed E-state index contributed by atoms with van der Waals surface area (Å²) in [6, 6.07) is 11.4. The molecule has 1 amide bonds. The highest BCUT2D eigenvalue weighted by Gasteiger charge is 2.16. The van der Waals surface area contributed by atoms with Crippen LogP contribution < -0.4 is 10.1 Å². The first kappa shape index (κ1) is 27.2. The molecule has 0 aliphatic heterocycles. The van der Waals surface area contributed by atoms with Crippen molar-refractivity contribution in [3.8, 4) is 11.5 Å². The lowest BCUT2D eigenvalue weighted by Gasteiger charge is -2.23. The molecular weight excluding hydrogens is 494 g/mol. The van der Waals surface area contributed by atoms with E-state index in [0.29, 0.717) is 29.7 Å². The van der Waals surface area contributed by atoms with Crippen LogP contribution in [0.5, 0.6) is 11.5 Å². The minimum absolute atomic E-state index is 0.0976. The van der Waals surface area contributed by atoms with Crippen molar-refractivity contribution < 1.29 is 9.53 Å². The zero-order valence-corrected chi connectivity index (χ0v) is 22.2. The number of carbonyl (C=O) groups excluding carboxylic acids is 1. The zero-order valence-electron chi connectivity index (χ0n) is 20.6. The normalized spacial score (nSPS) is 13.1. The monoisotopic (exact) mass is 527 g/mol. The summed E-state index contributed by atoms with van der Waals surface area (Å²) < 4.78 is 6.84. The number of aromatic nitrogens is 1. The summed E-state index contributed by atoms with van der Waals surface area (Å²) in [6.07, 6.45) is 7.19. The summed E-state index contributed by atoms with van der Waals surface area (Å²) in [4.78, 5) is 27.4. The van der Waals surface area contributed by atoms with E-state index >= 15 is 0 Å². The molecule has 0 bridgehead atoms. The van der Waals surface area contributed by atoms with E-state index < -0.39 is 0 Å². The van der Waals surface area contributed by atoms with Crippen molar-refractivity contribution in [2.45, 2.75) is 40.5 Å². The van der Waals surface area contributed by atoms with Crippen LogP contribution in [-0.2, 0) is 4.79 Å². The lowest BCUT2D eigenvalue weighted by Crippen LogP contribution is -2.37. The zero-order chi connectivity index (χ0) is 24.9. The van der Waals surface area contributed by atoms with Gasteiger partial charge in [-0.1, -0.05) is 38.1 Å². The molecule has 1 aromatic heterocycles. The van der Waals surface area contributed by atoms with Crippen LogP contribution in [0.25, 0.3) is 0 Å². The minimum atomic E-state index is 0.0976. The van der Waals surface area contributed by atoms with Crippen LogP contribution in [0, 0.1) is 5.92 Å². The number of hydrogen-bond acceptors (Lipinski definition) is 5. The number of pyridine rings is 1. The molecule has 182 valence electrons. The topological polar surface area (TPSA) is 79.2 Å². The van der Waals surface area contributed by atoms with Crippen LogP contribution in [0.2, 0.25) is 0 Å². The minimum Gasteiger partial charge on any atom is -0.453 e. The van der Waals surface area contributed by atoms with Crippen molar-refractivity contribution in [2.75, 3.05) is 20.1 Å². The molecule has 0 saturated carbocycles. The molecule has 8 heteroatoms. The standard InChI is InChI=1S/C26H34BrN5O2/c1-6-11-24(30-25(28-5)19(3)14-16-32(15-7-2)20(4)33)31-26-23(17-21(27)18-29-26)34-22-12-9-8-10-13-22/h6,8-13,17-19H,7,14-16H2,1-5H3,(H,28,29,30,31)/b11-6+. The first-order chi connectivity index (χ1) is 16.4. The van der Waals surface area contributed by atoms with Crippen molar-refractivity contribution >= 4 is 39.3 Å². The number of nitrogens with zero attached hydrogens (tertiary/aromatic N) is 4. The Morgan fingerprint density at radius 1 is 1.29 bits per heavy atom. The molecule has 0 aliphatic carbocycles. The number of hydrogen-bond donors (Lipinski definition) is 1. The van der Waals surface area contributed by atoms with Gasteiger partial charge in [-0.25, -0.2) is 9.98 Å². The van der Waals surface area contributed by atoms with E-state index in [1.165, 1.54) is 0 Å². The number of rotatable bonds is 10. The Morgan fingerprint density at radius 2 is 2.03 bits per heavy atom. The maximum atomic E-state index is 11.9. The van der Waals surface area contributed by atoms with E-state index in [0.717, 1.165) is 29.7 Å². The van der Waals surface area contributed by atoms with E-state index in [-0.39, 0.29) is 11.8 Å². The fraction of sp³-hybridized carbons (Fsp3) is 0.385. The Balaban J connectivity index is 2.23. The molecule has 7 nitrogen and oxygen atoms in total. The van der Waals surface area contributed by atoms with E-state index in [9.17, 15) is 4.79 Å². The van der Waals surface area contributed by atoms with E-state index in [1.807, 2.05) is 60.4 Å². The van der Waals surface area contributed by atoms with Crippen LogP contribution in [0.4, 0.5) is 5.82 Å². The van der Waals surface area contributed by atoms with Gasteiger partial charge in [0.05, 0.1) is 0 Å². The van der Waals surface area contributed by atoms with E-state index in [2.05, 4.69) is 45.1 Å². The molecule has 1 atom stereocenters. The fourth-order valence-corrected chi connectivity index (χ4v) is 3.59. The molecule has 34 heavy (non-hydrogen) atoms. The molecule has 0 radical (unpaired) electrons. The van der Waals surface area contributed by atoms with Gasteiger partial charge < -0.3 is 15.0 Å². The molecule has 1 aromatic carbocycles. The summed E-state index contributed by atoms with van der Waals surface area (Å²) in [6.45, 7) is 9.16. The second-order valence-electron chi connectivity index (χ2n) is 7.82. The van der Waals surface area contributed by atoms with Crippen LogP contribution in [-0.4, -0.2) is 47.6 Å². The van der Waals surface area contributed by atoms with Gasteiger partial charge >= 0.3 is 0 Å². The summed E-state index contributed by atoms with van der Waals surface area (Å²) >= 11 is 3.46. The molecule has 0 aliphatic rings. The highest BCUT2D eigenvalue weighted by atomic mass is 79.9. The number of carbonyl (C=O) groups is 1. The highest BCUT2D eigenvalue weighted by molar-refractivity contribution is 9.10. The van der Waals surface area contributed by atoms with E-state index in [1.54, 1.807) is 20.2 Å². The van der Waals surface area contributed by atoms with Gasteiger partial charge in [0.15, 0.2) is 11.6 Å².